The van der Waals surface area contributed by atoms with Crippen molar-refractivity contribution in [2.75, 3.05) is 6.26 Å². The van der Waals surface area contributed by atoms with Crippen LogP contribution in [0.5, 0.6) is 0 Å². The number of rotatable bonds is 2. The molecule has 0 aromatic heterocycles. The molecule has 0 unspecified atom stereocenters. The van der Waals surface area contributed by atoms with Crippen molar-refractivity contribution in [3.63, 3.8) is 0 Å². The average Bonchev–Trinajstić information content (AvgIpc) is 2.04. The Morgan fingerprint density at radius 1 is 1.50 bits per heavy atom. The Kier molecular flexibility index (Phi) is 3.44. The molecule has 1 nitrogen and oxygen atoms in total. The number of hydrogen-bond acceptors (Lipinski definition) is 2. The number of benzene rings is 1. The quantitative estimate of drug-likeness (QED) is 0.744. The van der Waals surface area contributed by atoms with Gasteiger partial charge in [-0.2, -0.15) is 0 Å². The Morgan fingerprint density at radius 2 is 2.17 bits per heavy atom. The third-order valence-electron chi connectivity index (χ3n) is 1.66. The summed E-state index contributed by atoms with van der Waals surface area (Å²) in [7, 11) is 0. The molecular formula is C9H11ClOS. The van der Waals surface area contributed by atoms with Gasteiger partial charge in [-0.25, -0.2) is 0 Å². The minimum Gasteiger partial charge on any atom is -0.389 e. The summed E-state index contributed by atoms with van der Waals surface area (Å²) in [5, 5.41) is 9.96. The first kappa shape index (κ1) is 9.90. The highest BCUT2D eigenvalue weighted by molar-refractivity contribution is 7.98. The van der Waals surface area contributed by atoms with Gasteiger partial charge in [0, 0.05) is 4.90 Å². The number of halogens is 1. The molecule has 1 atom stereocenters. The average molecular weight is 203 g/mol. The van der Waals surface area contributed by atoms with Gasteiger partial charge >= 0.3 is 0 Å². The zero-order valence-electron chi connectivity index (χ0n) is 7.04. The SMILES string of the molecule is CSc1ccc([C@H](C)O)cc1Cl. The van der Waals surface area contributed by atoms with Gasteiger partial charge in [0.15, 0.2) is 0 Å². The van der Waals surface area contributed by atoms with Crippen molar-refractivity contribution in [2.24, 2.45) is 0 Å². The second-order valence-electron chi connectivity index (χ2n) is 2.57. The molecule has 66 valence electrons. The van der Waals surface area contributed by atoms with E-state index in [9.17, 15) is 5.11 Å². The molecule has 0 heterocycles. The van der Waals surface area contributed by atoms with Crippen LogP contribution in [0.25, 0.3) is 0 Å². The fraction of sp³-hybridized carbons (Fsp3) is 0.333. The smallest absolute Gasteiger partial charge is 0.0762 e. The van der Waals surface area contributed by atoms with E-state index in [1.54, 1.807) is 24.8 Å². The Hall–Kier alpha value is -0.180. The standard InChI is InChI=1S/C9H11ClOS/c1-6(11)7-3-4-9(12-2)8(10)5-7/h3-6,11H,1-2H3/t6-/m0/s1. The molecule has 0 aliphatic heterocycles. The zero-order valence-corrected chi connectivity index (χ0v) is 8.62. The highest BCUT2D eigenvalue weighted by Gasteiger charge is 2.03. The maximum absolute atomic E-state index is 9.25. The number of aliphatic hydroxyl groups excluding tert-OH is 1. The minimum atomic E-state index is -0.446. The van der Waals surface area contributed by atoms with Gasteiger partial charge in [0.1, 0.15) is 0 Å². The first-order valence-corrected chi connectivity index (χ1v) is 5.27. The molecule has 1 aromatic rings. The van der Waals surface area contributed by atoms with Crippen LogP contribution >= 0.6 is 23.4 Å². The van der Waals surface area contributed by atoms with Crippen molar-refractivity contribution in [3.05, 3.63) is 28.8 Å². The predicted octanol–water partition coefficient (Wildman–Crippen LogP) is 3.12. The number of aliphatic hydroxyl groups is 1. The first-order valence-electron chi connectivity index (χ1n) is 3.66. The molecule has 0 spiro atoms. The van der Waals surface area contributed by atoms with Crippen molar-refractivity contribution in [2.45, 2.75) is 17.9 Å². The molecule has 12 heavy (non-hydrogen) atoms. The van der Waals surface area contributed by atoms with E-state index in [0.717, 1.165) is 10.5 Å². The molecule has 0 aliphatic carbocycles. The molecule has 0 saturated heterocycles. The molecule has 1 N–H and O–H groups in total. The van der Waals surface area contributed by atoms with Crippen molar-refractivity contribution in [3.8, 4) is 0 Å². The van der Waals surface area contributed by atoms with Crippen LogP contribution in [0.2, 0.25) is 5.02 Å². The molecule has 3 heteroatoms. The first-order chi connectivity index (χ1) is 5.65. The zero-order chi connectivity index (χ0) is 9.14. The molecule has 0 radical (unpaired) electrons. The van der Waals surface area contributed by atoms with E-state index < -0.39 is 6.10 Å². The van der Waals surface area contributed by atoms with Crippen LogP contribution < -0.4 is 0 Å². The van der Waals surface area contributed by atoms with Crippen molar-refractivity contribution < 1.29 is 5.11 Å². The van der Waals surface area contributed by atoms with Gasteiger partial charge in [0.2, 0.25) is 0 Å². The van der Waals surface area contributed by atoms with Crippen LogP contribution in [-0.4, -0.2) is 11.4 Å². The summed E-state index contributed by atoms with van der Waals surface area (Å²) < 4.78 is 0. The Labute approximate surface area is 81.7 Å². The molecule has 1 aromatic carbocycles. The van der Waals surface area contributed by atoms with E-state index in [2.05, 4.69) is 0 Å². The maximum atomic E-state index is 9.25. The monoisotopic (exact) mass is 202 g/mol. The summed E-state index contributed by atoms with van der Waals surface area (Å²) in [5.74, 6) is 0. The van der Waals surface area contributed by atoms with Crippen LogP contribution in [0.4, 0.5) is 0 Å². The van der Waals surface area contributed by atoms with Gasteiger partial charge in [0.05, 0.1) is 11.1 Å². The molecule has 0 amide bonds. The van der Waals surface area contributed by atoms with E-state index in [1.807, 2.05) is 18.4 Å². The lowest BCUT2D eigenvalue weighted by Gasteiger charge is -2.06. The summed E-state index contributed by atoms with van der Waals surface area (Å²) in [5.41, 5.74) is 0.859. The van der Waals surface area contributed by atoms with E-state index in [0.29, 0.717) is 5.02 Å². The fourth-order valence-electron chi connectivity index (χ4n) is 0.942. The highest BCUT2D eigenvalue weighted by Crippen LogP contribution is 2.27. The Morgan fingerprint density at radius 3 is 2.58 bits per heavy atom. The lowest BCUT2D eigenvalue weighted by atomic mass is 10.1. The van der Waals surface area contributed by atoms with E-state index in [4.69, 9.17) is 11.6 Å². The Balaban J connectivity index is 3.02. The number of hydrogen-bond donors (Lipinski definition) is 1. The largest absolute Gasteiger partial charge is 0.389 e. The second-order valence-corrected chi connectivity index (χ2v) is 3.83. The summed E-state index contributed by atoms with van der Waals surface area (Å²) in [4.78, 5) is 1.04. The van der Waals surface area contributed by atoms with Crippen molar-refractivity contribution in [1.29, 1.82) is 0 Å². The maximum Gasteiger partial charge on any atom is 0.0762 e. The Bertz CT molecular complexity index is 273. The highest BCUT2D eigenvalue weighted by atomic mass is 35.5. The normalized spacial score (nSPS) is 13.0. The summed E-state index contributed by atoms with van der Waals surface area (Å²) in [6.07, 6.45) is 1.53. The van der Waals surface area contributed by atoms with Crippen LogP contribution in [0.15, 0.2) is 23.1 Å². The van der Waals surface area contributed by atoms with Crippen LogP contribution in [-0.2, 0) is 0 Å². The van der Waals surface area contributed by atoms with Gasteiger partial charge in [-0.1, -0.05) is 17.7 Å². The van der Waals surface area contributed by atoms with Crippen LogP contribution in [0, 0.1) is 0 Å². The van der Waals surface area contributed by atoms with Crippen molar-refractivity contribution >= 4 is 23.4 Å². The molecule has 1 rings (SSSR count). The van der Waals surface area contributed by atoms with Gasteiger partial charge in [-0.05, 0) is 30.9 Å². The topological polar surface area (TPSA) is 20.2 Å². The number of thioether (sulfide) groups is 1. The third kappa shape index (κ3) is 2.16. The van der Waals surface area contributed by atoms with E-state index >= 15 is 0 Å². The minimum absolute atomic E-state index is 0.446. The van der Waals surface area contributed by atoms with E-state index in [1.165, 1.54) is 0 Å². The molecule has 0 saturated carbocycles. The molecular weight excluding hydrogens is 192 g/mol. The van der Waals surface area contributed by atoms with Gasteiger partial charge in [-0.3, -0.25) is 0 Å². The molecule has 0 fully saturated rings. The molecule has 0 aliphatic rings. The summed E-state index contributed by atoms with van der Waals surface area (Å²) in [6.45, 7) is 1.73. The lowest BCUT2D eigenvalue weighted by Crippen LogP contribution is -1.90. The van der Waals surface area contributed by atoms with Gasteiger partial charge in [-0.15, -0.1) is 11.8 Å². The van der Waals surface area contributed by atoms with Gasteiger partial charge in [0.25, 0.3) is 0 Å². The predicted molar refractivity (Wildman–Crippen MR) is 53.9 cm³/mol. The van der Waals surface area contributed by atoms with Gasteiger partial charge < -0.3 is 5.11 Å². The fourth-order valence-corrected chi connectivity index (χ4v) is 1.82. The van der Waals surface area contributed by atoms with Crippen molar-refractivity contribution in [1.82, 2.24) is 0 Å². The van der Waals surface area contributed by atoms with Crippen LogP contribution in [0.1, 0.15) is 18.6 Å². The van der Waals surface area contributed by atoms with Crippen LogP contribution in [0.3, 0.4) is 0 Å². The summed E-state index contributed by atoms with van der Waals surface area (Å²) >= 11 is 7.54. The summed E-state index contributed by atoms with van der Waals surface area (Å²) in [6, 6.07) is 5.62. The lowest BCUT2D eigenvalue weighted by molar-refractivity contribution is 0.199. The third-order valence-corrected chi connectivity index (χ3v) is 2.88. The van der Waals surface area contributed by atoms with E-state index in [-0.39, 0.29) is 0 Å². The molecule has 0 bridgehead atoms. The second kappa shape index (κ2) is 4.17.